The van der Waals surface area contributed by atoms with E-state index in [1.54, 1.807) is 18.2 Å². The maximum Gasteiger partial charge on any atom is 0.251 e. The Hall–Kier alpha value is -1.71. The SMILES string of the molecule is CCOc1ccc(C(=O)NCCCC2CC2)cc1N. The molecule has 1 aliphatic rings. The summed E-state index contributed by atoms with van der Waals surface area (Å²) in [5.74, 6) is 1.48. The first-order valence-electron chi connectivity index (χ1n) is 7.01. The highest BCUT2D eigenvalue weighted by Gasteiger charge is 2.20. The molecule has 3 N–H and O–H groups in total. The van der Waals surface area contributed by atoms with E-state index in [1.165, 1.54) is 19.3 Å². The monoisotopic (exact) mass is 262 g/mol. The lowest BCUT2D eigenvalue weighted by Gasteiger charge is -2.09. The molecule has 0 heterocycles. The summed E-state index contributed by atoms with van der Waals surface area (Å²) in [5, 5.41) is 2.93. The Bertz CT molecular complexity index is 442. The van der Waals surface area contributed by atoms with Crippen molar-refractivity contribution < 1.29 is 9.53 Å². The van der Waals surface area contributed by atoms with Crippen LogP contribution in [-0.4, -0.2) is 19.1 Å². The maximum absolute atomic E-state index is 11.9. The molecule has 0 aromatic heterocycles. The average molecular weight is 262 g/mol. The molecular formula is C15H22N2O2. The molecule has 0 aliphatic heterocycles. The number of rotatable bonds is 7. The quantitative estimate of drug-likeness (QED) is 0.586. The molecule has 1 aromatic carbocycles. The topological polar surface area (TPSA) is 64.3 Å². The lowest BCUT2D eigenvalue weighted by atomic mass is 10.1. The molecule has 4 heteroatoms. The predicted molar refractivity (Wildman–Crippen MR) is 76.3 cm³/mol. The van der Waals surface area contributed by atoms with Gasteiger partial charge in [0.05, 0.1) is 12.3 Å². The van der Waals surface area contributed by atoms with Gasteiger partial charge in [0.2, 0.25) is 0 Å². The molecule has 104 valence electrons. The van der Waals surface area contributed by atoms with Crippen molar-refractivity contribution in [3.63, 3.8) is 0 Å². The number of nitrogens with one attached hydrogen (secondary N) is 1. The van der Waals surface area contributed by atoms with E-state index in [9.17, 15) is 4.79 Å². The van der Waals surface area contributed by atoms with Gasteiger partial charge in [0.1, 0.15) is 5.75 Å². The van der Waals surface area contributed by atoms with Crippen LogP contribution < -0.4 is 15.8 Å². The van der Waals surface area contributed by atoms with Crippen LogP contribution in [0.1, 0.15) is 43.0 Å². The summed E-state index contributed by atoms with van der Waals surface area (Å²) in [6.45, 7) is 3.21. The Kier molecular flexibility index (Phi) is 4.66. The summed E-state index contributed by atoms with van der Waals surface area (Å²) in [6, 6.07) is 5.16. The van der Waals surface area contributed by atoms with Crippen LogP contribution in [0.3, 0.4) is 0 Å². The number of carbonyl (C=O) groups excluding carboxylic acids is 1. The minimum Gasteiger partial charge on any atom is -0.492 e. The molecule has 0 spiro atoms. The fraction of sp³-hybridized carbons (Fsp3) is 0.533. The van der Waals surface area contributed by atoms with Crippen LogP contribution in [0.15, 0.2) is 18.2 Å². The zero-order valence-electron chi connectivity index (χ0n) is 11.4. The Labute approximate surface area is 114 Å². The van der Waals surface area contributed by atoms with Crippen LogP contribution in [0.25, 0.3) is 0 Å². The lowest BCUT2D eigenvalue weighted by Crippen LogP contribution is -2.24. The zero-order chi connectivity index (χ0) is 13.7. The molecule has 1 aromatic rings. The van der Waals surface area contributed by atoms with Crippen LogP contribution in [0.2, 0.25) is 0 Å². The van der Waals surface area contributed by atoms with Gasteiger partial charge < -0.3 is 15.8 Å². The second kappa shape index (κ2) is 6.45. The number of carbonyl (C=O) groups is 1. The first kappa shape index (κ1) is 13.7. The third kappa shape index (κ3) is 4.16. The van der Waals surface area contributed by atoms with Crippen LogP contribution >= 0.6 is 0 Å². The number of hydrogen-bond donors (Lipinski definition) is 2. The van der Waals surface area contributed by atoms with Crippen molar-refractivity contribution in [2.45, 2.75) is 32.6 Å². The fourth-order valence-electron chi connectivity index (χ4n) is 2.08. The van der Waals surface area contributed by atoms with Crippen molar-refractivity contribution >= 4 is 11.6 Å². The van der Waals surface area contributed by atoms with Crippen molar-refractivity contribution in [1.29, 1.82) is 0 Å². The lowest BCUT2D eigenvalue weighted by molar-refractivity contribution is 0.0953. The Morgan fingerprint density at radius 3 is 2.89 bits per heavy atom. The molecule has 1 aliphatic carbocycles. The van der Waals surface area contributed by atoms with Crippen molar-refractivity contribution in [3.05, 3.63) is 23.8 Å². The Morgan fingerprint density at radius 1 is 1.47 bits per heavy atom. The second-order valence-electron chi connectivity index (χ2n) is 5.03. The average Bonchev–Trinajstić information content (AvgIpc) is 3.21. The minimum atomic E-state index is -0.0643. The standard InChI is InChI=1S/C15H22N2O2/c1-2-19-14-8-7-12(10-13(14)16)15(18)17-9-3-4-11-5-6-11/h7-8,10-11H,2-6,9,16H2,1H3,(H,17,18). The molecular weight excluding hydrogens is 240 g/mol. The Balaban J connectivity index is 1.81. The molecule has 19 heavy (non-hydrogen) atoms. The van der Waals surface area contributed by atoms with Gasteiger partial charge in [-0.05, 0) is 43.9 Å². The molecule has 1 fully saturated rings. The van der Waals surface area contributed by atoms with E-state index in [0.717, 1.165) is 18.9 Å². The molecule has 0 unspecified atom stereocenters. The van der Waals surface area contributed by atoms with Gasteiger partial charge in [0.15, 0.2) is 0 Å². The van der Waals surface area contributed by atoms with Gasteiger partial charge in [-0.25, -0.2) is 0 Å². The highest BCUT2D eigenvalue weighted by atomic mass is 16.5. The van der Waals surface area contributed by atoms with Gasteiger partial charge in [0.25, 0.3) is 5.91 Å². The van der Waals surface area contributed by atoms with Crippen LogP contribution in [-0.2, 0) is 0 Å². The van der Waals surface area contributed by atoms with Crippen LogP contribution in [0.5, 0.6) is 5.75 Å². The van der Waals surface area contributed by atoms with E-state index in [1.807, 2.05) is 6.92 Å². The normalized spacial score (nSPS) is 14.2. The largest absolute Gasteiger partial charge is 0.492 e. The molecule has 0 saturated heterocycles. The van der Waals surface area contributed by atoms with Crippen molar-refractivity contribution in [1.82, 2.24) is 5.32 Å². The van der Waals surface area contributed by atoms with Gasteiger partial charge in [-0.1, -0.05) is 12.8 Å². The molecule has 1 saturated carbocycles. The number of nitrogens with two attached hydrogens (primary N) is 1. The van der Waals surface area contributed by atoms with E-state index >= 15 is 0 Å². The number of nitrogen functional groups attached to an aromatic ring is 1. The molecule has 0 bridgehead atoms. The van der Waals surface area contributed by atoms with Gasteiger partial charge in [-0.3, -0.25) is 4.79 Å². The maximum atomic E-state index is 11.9. The van der Waals surface area contributed by atoms with E-state index in [-0.39, 0.29) is 5.91 Å². The number of hydrogen-bond acceptors (Lipinski definition) is 3. The first-order valence-corrected chi connectivity index (χ1v) is 7.01. The molecule has 4 nitrogen and oxygen atoms in total. The molecule has 1 amide bonds. The van der Waals surface area contributed by atoms with Gasteiger partial charge in [-0.15, -0.1) is 0 Å². The molecule has 0 atom stereocenters. The van der Waals surface area contributed by atoms with E-state index in [0.29, 0.717) is 23.6 Å². The number of benzene rings is 1. The minimum absolute atomic E-state index is 0.0643. The van der Waals surface area contributed by atoms with Crippen molar-refractivity contribution in [3.8, 4) is 5.75 Å². The Morgan fingerprint density at radius 2 is 2.26 bits per heavy atom. The van der Waals surface area contributed by atoms with Gasteiger partial charge >= 0.3 is 0 Å². The summed E-state index contributed by atoms with van der Waals surface area (Å²) in [5.41, 5.74) is 6.94. The summed E-state index contributed by atoms with van der Waals surface area (Å²) in [7, 11) is 0. The van der Waals surface area contributed by atoms with Crippen molar-refractivity contribution in [2.75, 3.05) is 18.9 Å². The summed E-state index contributed by atoms with van der Waals surface area (Å²) in [6.07, 6.45) is 5.02. The number of amides is 1. The van der Waals surface area contributed by atoms with Crippen LogP contribution in [0.4, 0.5) is 5.69 Å². The van der Waals surface area contributed by atoms with Gasteiger partial charge in [-0.2, -0.15) is 0 Å². The predicted octanol–water partition coefficient (Wildman–Crippen LogP) is 2.59. The molecule has 0 radical (unpaired) electrons. The zero-order valence-corrected chi connectivity index (χ0v) is 11.4. The highest BCUT2D eigenvalue weighted by Crippen LogP contribution is 2.33. The highest BCUT2D eigenvalue weighted by molar-refractivity contribution is 5.95. The van der Waals surface area contributed by atoms with Crippen molar-refractivity contribution in [2.24, 2.45) is 5.92 Å². The number of anilines is 1. The number of ether oxygens (including phenoxy) is 1. The fourth-order valence-corrected chi connectivity index (χ4v) is 2.08. The van der Waals surface area contributed by atoms with E-state index in [2.05, 4.69) is 5.32 Å². The summed E-state index contributed by atoms with van der Waals surface area (Å²) < 4.78 is 5.35. The first-order chi connectivity index (χ1) is 9.20. The van der Waals surface area contributed by atoms with E-state index < -0.39 is 0 Å². The smallest absolute Gasteiger partial charge is 0.251 e. The summed E-state index contributed by atoms with van der Waals surface area (Å²) in [4.78, 5) is 11.9. The van der Waals surface area contributed by atoms with Crippen LogP contribution in [0, 0.1) is 5.92 Å². The second-order valence-corrected chi connectivity index (χ2v) is 5.03. The van der Waals surface area contributed by atoms with Gasteiger partial charge in [0, 0.05) is 12.1 Å². The third-order valence-electron chi connectivity index (χ3n) is 3.34. The molecule has 2 rings (SSSR count). The summed E-state index contributed by atoms with van der Waals surface area (Å²) >= 11 is 0. The third-order valence-corrected chi connectivity index (χ3v) is 3.34. The van der Waals surface area contributed by atoms with E-state index in [4.69, 9.17) is 10.5 Å².